The van der Waals surface area contributed by atoms with Gasteiger partial charge in [-0.2, -0.15) is 0 Å². The van der Waals surface area contributed by atoms with Crippen LogP contribution in [0.1, 0.15) is 66.9 Å². The second kappa shape index (κ2) is 16.4. The molecule has 4 rings (SSSR count). The minimum Gasteiger partial charge on any atom is -0.494 e. The Hall–Kier alpha value is -4.89. The van der Waals surface area contributed by atoms with Crippen molar-refractivity contribution < 1.29 is 43.2 Å². The highest BCUT2D eigenvalue weighted by atomic mass is 16.6. The number of hydrogen-bond acceptors (Lipinski definition) is 9. The van der Waals surface area contributed by atoms with Crippen LogP contribution in [0.15, 0.2) is 85.0 Å². The molecule has 0 saturated heterocycles. The smallest absolute Gasteiger partial charge is 0.343 e. The standard InChI is InChI=1S/C37H40O9/c1-24(2)35(39)45-20-19-43-28-11-9-27(10-12-28)37(41)46-30-14-16-32-31-15-13-29(21-33(31)26(4)34(32)22-30)42-17-7-5-6-8-18-44-36(40)25(3)23-38/h9-16,21-22,26,38H,1,3,5-8,17-20,23H2,2,4H3. The van der Waals surface area contributed by atoms with Crippen molar-refractivity contribution in [2.75, 3.05) is 33.0 Å². The van der Waals surface area contributed by atoms with E-state index in [9.17, 15) is 14.4 Å². The number of benzene rings is 3. The molecule has 46 heavy (non-hydrogen) atoms. The summed E-state index contributed by atoms with van der Waals surface area (Å²) in [6, 6.07) is 18.4. The van der Waals surface area contributed by atoms with Crippen LogP contribution in [0.4, 0.5) is 0 Å². The number of esters is 3. The highest BCUT2D eigenvalue weighted by Crippen LogP contribution is 2.47. The first kappa shape index (κ1) is 34.0. The van der Waals surface area contributed by atoms with E-state index in [0.29, 0.717) is 35.8 Å². The van der Waals surface area contributed by atoms with Gasteiger partial charge in [-0.3, -0.25) is 0 Å². The Bertz CT molecular complexity index is 1570. The third kappa shape index (κ3) is 9.08. The number of carbonyl (C=O) groups is 3. The fraction of sp³-hybridized carbons (Fsp3) is 0.324. The summed E-state index contributed by atoms with van der Waals surface area (Å²) >= 11 is 0. The first-order valence-corrected chi connectivity index (χ1v) is 15.3. The van der Waals surface area contributed by atoms with Crippen LogP contribution in [-0.2, 0) is 19.1 Å². The molecule has 1 aliphatic rings. The molecule has 3 aromatic rings. The summed E-state index contributed by atoms with van der Waals surface area (Å²) in [5, 5.41) is 8.89. The third-order valence-electron chi connectivity index (χ3n) is 7.52. The summed E-state index contributed by atoms with van der Waals surface area (Å²) < 4.78 is 27.3. The number of hydrogen-bond donors (Lipinski definition) is 1. The van der Waals surface area contributed by atoms with Gasteiger partial charge in [0.15, 0.2) is 0 Å². The van der Waals surface area contributed by atoms with Crippen LogP contribution in [0.25, 0.3) is 11.1 Å². The van der Waals surface area contributed by atoms with Gasteiger partial charge in [-0.05, 0) is 103 Å². The number of rotatable bonds is 17. The maximum atomic E-state index is 12.9. The molecule has 1 N–H and O–H groups in total. The summed E-state index contributed by atoms with van der Waals surface area (Å²) in [6.07, 6.45) is 3.47. The molecule has 0 fully saturated rings. The predicted octanol–water partition coefficient (Wildman–Crippen LogP) is 6.57. The number of ether oxygens (including phenoxy) is 5. The van der Waals surface area contributed by atoms with Crippen LogP contribution < -0.4 is 14.2 Å². The van der Waals surface area contributed by atoms with Crippen molar-refractivity contribution in [1.29, 1.82) is 0 Å². The summed E-state index contributed by atoms with van der Waals surface area (Å²) in [5.74, 6) is 0.417. The molecule has 9 heteroatoms. The molecule has 0 spiro atoms. The topological polar surface area (TPSA) is 118 Å². The van der Waals surface area contributed by atoms with Crippen LogP contribution >= 0.6 is 0 Å². The molecule has 0 radical (unpaired) electrons. The molecule has 0 heterocycles. The molecule has 1 atom stereocenters. The highest BCUT2D eigenvalue weighted by Gasteiger charge is 2.27. The summed E-state index contributed by atoms with van der Waals surface area (Å²) in [5.41, 5.74) is 5.25. The van der Waals surface area contributed by atoms with E-state index >= 15 is 0 Å². The van der Waals surface area contributed by atoms with Crippen molar-refractivity contribution >= 4 is 17.9 Å². The van der Waals surface area contributed by atoms with Crippen molar-refractivity contribution in [2.24, 2.45) is 0 Å². The van der Waals surface area contributed by atoms with Gasteiger partial charge in [0.2, 0.25) is 0 Å². The van der Waals surface area contributed by atoms with Gasteiger partial charge in [0.25, 0.3) is 0 Å². The summed E-state index contributed by atoms with van der Waals surface area (Å²) in [4.78, 5) is 35.8. The Kier molecular flexibility index (Phi) is 12.1. The second-order valence-corrected chi connectivity index (χ2v) is 11.1. The Balaban J connectivity index is 1.23. The van der Waals surface area contributed by atoms with E-state index in [2.05, 4.69) is 32.2 Å². The molecule has 3 aromatic carbocycles. The Morgan fingerprint density at radius 2 is 1.26 bits per heavy atom. The zero-order chi connectivity index (χ0) is 33.1. The monoisotopic (exact) mass is 628 g/mol. The van der Waals surface area contributed by atoms with E-state index in [4.69, 9.17) is 28.8 Å². The lowest BCUT2D eigenvalue weighted by Crippen LogP contribution is -2.12. The molecule has 0 aromatic heterocycles. The van der Waals surface area contributed by atoms with Crippen molar-refractivity contribution in [3.63, 3.8) is 0 Å². The normalized spacial score (nSPS) is 12.8. The van der Waals surface area contributed by atoms with Crippen molar-refractivity contribution in [2.45, 2.75) is 45.4 Å². The fourth-order valence-corrected chi connectivity index (χ4v) is 4.96. The van der Waals surface area contributed by atoms with E-state index in [1.807, 2.05) is 18.2 Å². The third-order valence-corrected chi connectivity index (χ3v) is 7.52. The molecule has 0 saturated carbocycles. The molecule has 242 valence electrons. The van der Waals surface area contributed by atoms with Crippen LogP contribution in [0.5, 0.6) is 17.2 Å². The maximum Gasteiger partial charge on any atom is 0.343 e. The molecular formula is C37H40O9. The number of fused-ring (bicyclic) bond motifs is 3. The van der Waals surface area contributed by atoms with Gasteiger partial charge in [-0.1, -0.05) is 32.2 Å². The van der Waals surface area contributed by atoms with E-state index in [1.54, 1.807) is 37.3 Å². The number of unbranched alkanes of at least 4 members (excludes halogenated alkanes) is 3. The molecule has 1 unspecified atom stereocenters. The summed E-state index contributed by atoms with van der Waals surface area (Å²) in [6.45, 7) is 11.5. The van der Waals surface area contributed by atoms with Crippen molar-refractivity contribution in [1.82, 2.24) is 0 Å². The molecule has 1 aliphatic carbocycles. The lowest BCUT2D eigenvalue weighted by atomic mass is 9.99. The molecule has 0 amide bonds. The zero-order valence-corrected chi connectivity index (χ0v) is 26.3. The highest BCUT2D eigenvalue weighted by molar-refractivity contribution is 5.91. The van der Waals surface area contributed by atoms with Crippen molar-refractivity contribution in [3.8, 4) is 28.4 Å². The Morgan fingerprint density at radius 3 is 1.91 bits per heavy atom. The second-order valence-electron chi connectivity index (χ2n) is 11.1. The maximum absolute atomic E-state index is 12.9. The van der Waals surface area contributed by atoms with Gasteiger partial charge in [-0.25, -0.2) is 14.4 Å². The fourth-order valence-electron chi connectivity index (χ4n) is 4.96. The van der Waals surface area contributed by atoms with Crippen LogP contribution in [0.3, 0.4) is 0 Å². The Morgan fingerprint density at radius 1 is 0.696 bits per heavy atom. The lowest BCUT2D eigenvalue weighted by molar-refractivity contribution is -0.140. The van der Waals surface area contributed by atoms with E-state index in [-0.39, 0.29) is 24.7 Å². The van der Waals surface area contributed by atoms with E-state index < -0.39 is 24.5 Å². The SMILES string of the molecule is C=C(C)C(=O)OCCOc1ccc(C(=O)Oc2ccc3c(c2)C(C)c2cc(OCCCCCCOC(=O)C(=C)CO)ccc2-3)cc1. The van der Waals surface area contributed by atoms with Crippen LogP contribution in [0.2, 0.25) is 0 Å². The minimum atomic E-state index is -0.552. The number of aliphatic hydroxyl groups excluding tert-OH is 1. The molecular weight excluding hydrogens is 588 g/mol. The van der Waals surface area contributed by atoms with Gasteiger partial charge in [-0.15, -0.1) is 0 Å². The minimum absolute atomic E-state index is 0.0633. The molecule has 0 bridgehead atoms. The number of carbonyl (C=O) groups excluding carboxylic acids is 3. The van der Waals surface area contributed by atoms with Crippen molar-refractivity contribution in [3.05, 3.63) is 102 Å². The summed E-state index contributed by atoms with van der Waals surface area (Å²) in [7, 11) is 0. The van der Waals surface area contributed by atoms with Gasteiger partial charge in [0, 0.05) is 11.5 Å². The van der Waals surface area contributed by atoms with E-state index in [0.717, 1.165) is 53.7 Å². The number of aliphatic hydroxyl groups is 1. The Labute approximate surface area is 269 Å². The quantitative estimate of drug-likeness (QED) is 0.0767. The molecule has 9 nitrogen and oxygen atoms in total. The zero-order valence-electron chi connectivity index (χ0n) is 26.3. The average Bonchev–Trinajstić information content (AvgIpc) is 3.33. The first-order chi connectivity index (χ1) is 22.2. The van der Waals surface area contributed by atoms with Crippen LogP contribution in [0, 0.1) is 0 Å². The van der Waals surface area contributed by atoms with E-state index in [1.165, 1.54) is 0 Å². The van der Waals surface area contributed by atoms with Gasteiger partial charge < -0.3 is 28.8 Å². The first-order valence-electron chi connectivity index (χ1n) is 15.3. The predicted molar refractivity (Wildman–Crippen MR) is 173 cm³/mol. The lowest BCUT2D eigenvalue weighted by Gasteiger charge is -2.11. The largest absolute Gasteiger partial charge is 0.494 e. The average molecular weight is 629 g/mol. The van der Waals surface area contributed by atoms with Crippen LogP contribution in [-0.4, -0.2) is 56.0 Å². The van der Waals surface area contributed by atoms with Gasteiger partial charge in [0.05, 0.1) is 31.0 Å². The van der Waals surface area contributed by atoms with Gasteiger partial charge in [0.1, 0.15) is 30.5 Å². The molecule has 0 aliphatic heterocycles. The van der Waals surface area contributed by atoms with Gasteiger partial charge >= 0.3 is 17.9 Å².